The molecule has 6 heteroatoms. The highest BCUT2D eigenvalue weighted by Crippen LogP contribution is 2.27. The lowest BCUT2D eigenvalue weighted by atomic mass is 9.94. The lowest BCUT2D eigenvalue weighted by Crippen LogP contribution is -2.15. The van der Waals surface area contributed by atoms with Crippen molar-refractivity contribution in [1.82, 2.24) is 0 Å². The van der Waals surface area contributed by atoms with Gasteiger partial charge in [-0.05, 0) is 97.9 Å². The molecule has 0 heterocycles. The van der Waals surface area contributed by atoms with Crippen molar-refractivity contribution in [2.45, 2.75) is 343 Å². The number of ketones is 4. The maximum atomic E-state index is 13.7. The molecule has 0 fully saturated rings. The molecule has 2 aromatic carbocycles. The Labute approximate surface area is 474 Å². The Kier molecular flexibility index (Phi) is 43.7. The van der Waals surface area contributed by atoms with Crippen LogP contribution in [0.1, 0.15) is 340 Å². The Morgan fingerprint density at radius 1 is 0.260 bits per heavy atom. The summed E-state index contributed by atoms with van der Waals surface area (Å²) in [5.74, 6) is 0.998. The normalized spacial score (nSPS) is 12.0. The lowest BCUT2D eigenvalue weighted by molar-refractivity contribution is -0.119. The van der Waals surface area contributed by atoms with E-state index < -0.39 is 0 Å². The van der Waals surface area contributed by atoms with E-state index in [4.69, 9.17) is 9.98 Å². The Morgan fingerprint density at radius 2 is 0.481 bits per heavy atom. The Bertz CT molecular complexity index is 1910. The summed E-state index contributed by atoms with van der Waals surface area (Å²) < 4.78 is 0. The average Bonchev–Trinajstić information content (AvgIpc) is 3.42. The monoisotopic (exact) mass is 1060 g/mol. The first-order chi connectivity index (χ1) is 37.7. The maximum absolute atomic E-state index is 13.7. The maximum Gasteiger partial charge on any atom is 0.137 e. The van der Waals surface area contributed by atoms with Gasteiger partial charge in [-0.2, -0.15) is 0 Å². The van der Waals surface area contributed by atoms with Gasteiger partial charge in [-0.25, -0.2) is 0 Å². The molecular formula is C71H118N2O4. The van der Waals surface area contributed by atoms with E-state index >= 15 is 0 Å². The molecule has 0 bridgehead atoms. The smallest absolute Gasteiger partial charge is 0.137 e. The van der Waals surface area contributed by atoms with Gasteiger partial charge in [0.1, 0.15) is 23.1 Å². The highest BCUT2D eigenvalue weighted by atomic mass is 16.1. The summed E-state index contributed by atoms with van der Waals surface area (Å²) in [6.07, 6.45) is 48.9. The Hall–Kier alpha value is -3.54. The number of hydrogen-bond donors (Lipinski definition) is 0. The summed E-state index contributed by atoms with van der Waals surface area (Å²) >= 11 is 0. The largest absolute Gasteiger partial charge is 0.299 e. The molecule has 0 spiro atoms. The summed E-state index contributed by atoms with van der Waals surface area (Å²) in [5.41, 5.74) is 7.37. The molecule has 0 amide bonds. The van der Waals surface area contributed by atoms with Crippen molar-refractivity contribution in [1.29, 1.82) is 0 Å². The molecule has 0 aliphatic carbocycles. The van der Waals surface area contributed by atoms with Crippen LogP contribution >= 0.6 is 0 Å². The molecule has 0 aliphatic rings. The number of Topliss-reactive ketones (excluding diaryl/α,β-unsaturated/α-hetero) is 4. The van der Waals surface area contributed by atoms with Gasteiger partial charge in [0.2, 0.25) is 0 Å². The first-order valence-electron chi connectivity index (χ1n) is 33.1. The second kappa shape index (κ2) is 48.4. The standard InChI is InChI=1S/C71H118N2O4/c1-7-13-19-23-27-31-35-40-44-66(74)56-60-50-52-64(54-62(60)58-68(76)46-42-37-33-29-25-21-15-9-3)72-70(48-18-12-6)71(49-39-17-11-5)73-65-53-51-61(57-67(75)45-41-36-32-28-24-20-14-8-2)63(55-65)59-69(77)47-43-38-34-30-26-22-16-10-4/h50-55H,7-49,56-59H2,1-6H3. The number of carbonyl (C=O) groups is 4. The van der Waals surface area contributed by atoms with E-state index in [1.54, 1.807) is 0 Å². The van der Waals surface area contributed by atoms with Crippen molar-refractivity contribution >= 4 is 45.9 Å². The van der Waals surface area contributed by atoms with E-state index in [9.17, 15) is 19.2 Å². The van der Waals surface area contributed by atoms with Gasteiger partial charge < -0.3 is 0 Å². The topological polar surface area (TPSA) is 93.0 Å². The van der Waals surface area contributed by atoms with E-state index in [2.05, 4.69) is 77.9 Å². The molecule has 0 unspecified atom stereocenters. The third-order valence-corrected chi connectivity index (χ3v) is 15.8. The summed E-state index contributed by atoms with van der Waals surface area (Å²) in [4.78, 5) is 65.4. The minimum atomic E-state index is 0.243. The number of hydrogen-bond acceptors (Lipinski definition) is 6. The number of aliphatic imine (C=N–C) groups is 2. The van der Waals surface area contributed by atoms with Gasteiger partial charge in [0.25, 0.3) is 0 Å². The second-order valence-electron chi connectivity index (χ2n) is 23.3. The fourth-order valence-corrected chi connectivity index (χ4v) is 10.8. The zero-order valence-electron chi connectivity index (χ0n) is 51.2. The molecule has 6 nitrogen and oxygen atoms in total. The summed E-state index contributed by atoms with van der Waals surface area (Å²) in [7, 11) is 0. The van der Waals surface area contributed by atoms with Crippen molar-refractivity contribution in [2.24, 2.45) is 9.98 Å². The summed E-state index contributed by atoms with van der Waals surface area (Å²) in [6.45, 7) is 13.5. The summed E-state index contributed by atoms with van der Waals surface area (Å²) in [6, 6.07) is 12.4. The second-order valence-corrected chi connectivity index (χ2v) is 23.3. The predicted octanol–water partition coefficient (Wildman–Crippen LogP) is 21.9. The minimum absolute atomic E-state index is 0.243. The molecule has 2 aromatic rings. The van der Waals surface area contributed by atoms with Crippen LogP contribution in [0.15, 0.2) is 46.4 Å². The molecular weight excluding hydrogens is 945 g/mol. The van der Waals surface area contributed by atoms with Gasteiger partial charge in [0.15, 0.2) is 0 Å². The fraction of sp³-hybridized carbons (Fsp3) is 0.746. The van der Waals surface area contributed by atoms with Gasteiger partial charge >= 0.3 is 0 Å². The zero-order chi connectivity index (χ0) is 55.8. The number of nitrogens with zero attached hydrogens (tertiary/aromatic N) is 2. The van der Waals surface area contributed by atoms with Gasteiger partial charge in [0.05, 0.1) is 22.8 Å². The Morgan fingerprint density at radius 3 is 0.766 bits per heavy atom. The highest BCUT2D eigenvalue weighted by molar-refractivity contribution is 6.43. The quantitative estimate of drug-likeness (QED) is 0.0487. The van der Waals surface area contributed by atoms with Crippen LogP contribution in [0, 0.1) is 0 Å². The third-order valence-electron chi connectivity index (χ3n) is 15.8. The number of benzene rings is 2. The van der Waals surface area contributed by atoms with Crippen LogP contribution in [0.5, 0.6) is 0 Å². The summed E-state index contributed by atoms with van der Waals surface area (Å²) in [5, 5.41) is 0. The highest BCUT2D eigenvalue weighted by Gasteiger charge is 2.18. The molecule has 0 aliphatic heterocycles. The van der Waals surface area contributed by atoms with E-state index in [1.165, 1.54) is 154 Å². The third kappa shape index (κ3) is 36.4. The SMILES string of the molecule is CCCCCCCCCCC(=O)Cc1ccc(N=C(CCCC)C(CCCCC)=Nc2ccc(CC(=O)CCCCCCCCCC)c(CC(=O)CCCCCCCCCC)c2)cc1CC(=O)CCCCCCCCCC. The van der Waals surface area contributed by atoms with Crippen LogP contribution in [-0.2, 0) is 44.9 Å². The minimum Gasteiger partial charge on any atom is -0.299 e. The molecule has 0 N–H and O–H groups in total. The van der Waals surface area contributed by atoms with Gasteiger partial charge in [-0.3, -0.25) is 29.2 Å². The molecule has 0 aromatic heterocycles. The number of carbonyl (C=O) groups excluding carboxylic acids is 4. The van der Waals surface area contributed by atoms with Gasteiger partial charge in [-0.1, -0.05) is 253 Å². The number of unbranched alkanes of at least 4 members (excludes halogenated alkanes) is 31. The van der Waals surface area contributed by atoms with Gasteiger partial charge in [0, 0.05) is 51.4 Å². The van der Waals surface area contributed by atoms with Crippen molar-refractivity contribution in [3.05, 3.63) is 58.7 Å². The first kappa shape index (κ1) is 69.6. The van der Waals surface area contributed by atoms with Gasteiger partial charge in [-0.15, -0.1) is 0 Å². The average molecular weight is 1060 g/mol. The molecule has 0 radical (unpaired) electrons. The van der Waals surface area contributed by atoms with Crippen molar-refractivity contribution in [3.8, 4) is 0 Å². The molecule has 436 valence electrons. The lowest BCUT2D eigenvalue weighted by Gasteiger charge is -2.14. The van der Waals surface area contributed by atoms with Crippen molar-refractivity contribution in [2.75, 3.05) is 0 Å². The van der Waals surface area contributed by atoms with Crippen LogP contribution < -0.4 is 0 Å². The Balaban J connectivity index is 2.50. The van der Waals surface area contributed by atoms with Crippen LogP contribution in [0.2, 0.25) is 0 Å². The van der Waals surface area contributed by atoms with E-state index in [1.807, 2.05) is 0 Å². The molecule has 2 rings (SSSR count). The van der Waals surface area contributed by atoms with Crippen LogP contribution in [-0.4, -0.2) is 34.6 Å². The van der Waals surface area contributed by atoms with Crippen molar-refractivity contribution < 1.29 is 19.2 Å². The van der Waals surface area contributed by atoms with E-state index in [0.717, 1.165) is 141 Å². The van der Waals surface area contributed by atoms with E-state index in [0.29, 0.717) is 51.4 Å². The molecule has 0 saturated heterocycles. The van der Waals surface area contributed by atoms with Crippen LogP contribution in [0.25, 0.3) is 0 Å². The van der Waals surface area contributed by atoms with E-state index in [-0.39, 0.29) is 23.1 Å². The molecule has 0 atom stereocenters. The zero-order valence-corrected chi connectivity index (χ0v) is 51.2. The predicted molar refractivity (Wildman–Crippen MR) is 334 cm³/mol. The van der Waals surface area contributed by atoms with Crippen LogP contribution in [0.3, 0.4) is 0 Å². The van der Waals surface area contributed by atoms with Crippen molar-refractivity contribution in [3.63, 3.8) is 0 Å². The van der Waals surface area contributed by atoms with Crippen LogP contribution in [0.4, 0.5) is 11.4 Å². The first-order valence-corrected chi connectivity index (χ1v) is 33.1. The number of rotatable bonds is 54. The molecule has 0 saturated carbocycles. The molecule has 77 heavy (non-hydrogen) atoms. The fourth-order valence-electron chi connectivity index (χ4n) is 10.8.